The predicted molar refractivity (Wildman–Crippen MR) is 58.2 cm³/mol. The molecule has 0 heterocycles. The highest BCUT2D eigenvalue weighted by Crippen LogP contribution is 2.30. The van der Waals surface area contributed by atoms with E-state index < -0.39 is 11.3 Å². The van der Waals surface area contributed by atoms with Crippen LogP contribution in [0.15, 0.2) is 36.4 Å². The first kappa shape index (κ1) is 9.95. The summed E-state index contributed by atoms with van der Waals surface area (Å²) in [5.74, 6) is 0.132. The molecule has 1 unspecified atom stereocenters. The van der Waals surface area contributed by atoms with Crippen LogP contribution in [0.2, 0.25) is 0 Å². The molecule has 2 rings (SSSR count). The van der Waals surface area contributed by atoms with Gasteiger partial charge >= 0.3 is 0 Å². The lowest BCUT2D eigenvalue weighted by molar-refractivity contribution is 0.481. The first-order chi connectivity index (χ1) is 7.18. The van der Waals surface area contributed by atoms with Gasteiger partial charge in [0.1, 0.15) is 5.75 Å². The van der Waals surface area contributed by atoms with Gasteiger partial charge in [-0.05, 0) is 12.1 Å². The molecule has 0 aromatic heterocycles. The minimum Gasteiger partial charge on any atom is -0.755 e. The average molecular weight is 222 g/mol. The molecule has 2 N–H and O–H groups in total. The molecule has 1 atom stereocenters. The van der Waals surface area contributed by atoms with Crippen LogP contribution in [-0.4, -0.2) is 13.9 Å². The Morgan fingerprint density at radius 3 is 2.47 bits per heavy atom. The predicted octanol–water partition coefficient (Wildman–Crippen LogP) is 1.75. The fourth-order valence-corrected chi connectivity index (χ4v) is 1.82. The molecule has 0 amide bonds. The Morgan fingerprint density at radius 2 is 1.80 bits per heavy atom. The Kier molecular flexibility index (Phi) is 2.57. The first-order valence-electron chi connectivity index (χ1n) is 4.25. The lowest BCUT2D eigenvalue weighted by Crippen LogP contribution is -2.02. The van der Waals surface area contributed by atoms with Crippen molar-refractivity contribution in [2.45, 2.75) is 0 Å². The SMILES string of the molecule is O=S([O-])Nc1ccc(O)c2ccccc12. The molecule has 2 aromatic rings. The zero-order chi connectivity index (χ0) is 10.8. The zero-order valence-corrected chi connectivity index (χ0v) is 8.45. The second-order valence-corrected chi connectivity index (χ2v) is 3.69. The van der Waals surface area contributed by atoms with Crippen LogP contribution in [0.1, 0.15) is 0 Å². The molecule has 5 heteroatoms. The molecule has 0 saturated carbocycles. The van der Waals surface area contributed by atoms with Crippen LogP contribution in [0, 0.1) is 0 Å². The van der Waals surface area contributed by atoms with E-state index in [1.165, 1.54) is 12.1 Å². The molecule has 0 bridgehead atoms. The summed E-state index contributed by atoms with van der Waals surface area (Å²) in [4.78, 5) is 0. The Labute approximate surface area is 89.0 Å². The number of fused-ring (bicyclic) bond motifs is 1. The molecule has 0 fully saturated rings. The summed E-state index contributed by atoms with van der Waals surface area (Å²) in [5, 5.41) is 10.8. The zero-order valence-electron chi connectivity index (χ0n) is 7.64. The van der Waals surface area contributed by atoms with Crippen LogP contribution in [0.3, 0.4) is 0 Å². The molecule has 0 aliphatic heterocycles. The molecular weight excluding hydrogens is 214 g/mol. The Hall–Kier alpha value is -1.59. The normalized spacial score (nSPS) is 12.6. The summed E-state index contributed by atoms with van der Waals surface area (Å²) in [5.41, 5.74) is 0.455. The number of aromatic hydroxyl groups is 1. The van der Waals surface area contributed by atoms with Gasteiger partial charge in [-0.25, -0.2) is 0 Å². The summed E-state index contributed by atoms with van der Waals surface area (Å²) in [7, 11) is 0. The maximum Gasteiger partial charge on any atom is 0.123 e. The van der Waals surface area contributed by atoms with Crippen LogP contribution >= 0.6 is 0 Å². The molecule has 78 valence electrons. The van der Waals surface area contributed by atoms with Crippen molar-refractivity contribution in [2.24, 2.45) is 0 Å². The Bertz CT molecular complexity index is 527. The van der Waals surface area contributed by atoms with Crippen molar-refractivity contribution in [1.82, 2.24) is 0 Å². The standard InChI is InChI=1S/C10H9NO3S/c12-10-6-5-9(11-15(13)14)7-3-1-2-4-8(7)10/h1-6,11-12H,(H,13,14)/p-1. The van der Waals surface area contributed by atoms with Crippen LogP contribution in [0.5, 0.6) is 5.75 Å². The van der Waals surface area contributed by atoms with E-state index in [1.807, 2.05) is 0 Å². The number of anilines is 1. The number of hydrogen-bond donors (Lipinski definition) is 2. The van der Waals surface area contributed by atoms with Gasteiger partial charge < -0.3 is 14.4 Å². The smallest absolute Gasteiger partial charge is 0.123 e. The third-order valence-corrected chi connectivity index (χ3v) is 2.48. The largest absolute Gasteiger partial charge is 0.755 e. The van der Waals surface area contributed by atoms with Crippen LogP contribution in [0.4, 0.5) is 5.69 Å². The minimum atomic E-state index is -2.36. The summed E-state index contributed by atoms with van der Waals surface area (Å²) in [6.45, 7) is 0. The molecule has 15 heavy (non-hydrogen) atoms. The van der Waals surface area contributed by atoms with Crippen molar-refractivity contribution < 1.29 is 13.9 Å². The third-order valence-electron chi connectivity index (χ3n) is 2.09. The molecule has 4 nitrogen and oxygen atoms in total. The Morgan fingerprint density at radius 1 is 1.13 bits per heavy atom. The number of benzene rings is 2. The van der Waals surface area contributed by atoms with Crippen molar-refractivity contribution in [3.8, 4) is 5.75 Å². The highest BCUT2D eigenvalue weighted by Gasteiger charge is 2.03. The molecule has 0 aliphatic rings. The van der Waals surface area contributed by atoms with E-state index in [0.717, 1.165) is 0 Å². The summed E-state index contributed by atoms with van der Waals surface area (Å²) in [6.07, 6.45) is 0. The molecular formula is C10H8NO3S-. The summed E-state index contributed by atoms with van der Waals surface area (Å²) >= 11 is -2.36. The van der Waals surface area contributed by atoms with Gasteiger partial charge in [-0.3, -0.25) is 4.21 Å². The van der Waals surface area contributed by atoms with Crippen molar-refractivity contribution in [1.29, 1.82) is 0 Å². The molecule has 0 saturated heterocycles. The van der Waals surface area contributed by atoms with Gasteiger partial charge in [-0.1, -0.05) is 24.3 Å². The van der Waals surface area contributed by atoms with E-state index >= 15 is 0 Å². The van der Waals surface area contributed by atoms with Gasteiger partial charge in [-0.15, -0.1) is 0 Å². The van der Waals surface area contributed by atoms with Gasteiger partial charge in [0.25, 0.3) is 0 Å². The molecule has 2 aromatic carbocycles. The summed E-state index contributed by atoms with van der Waals surface area (Å²) < 4.78 is 23.3. The lowest BCUT2D eigenvalue weighted by atomic mass is 10.1. The van der Waals surface area contributed by atoms with Gasteiger partial charge in [-0.2, -0.15) is 0 Å². The van der Waals surface area contributed by atoms with Crippen LogP contribution < -0.4 is 4.72 Å². The van der Waals surface area contributed by atoms with E-state index in [1.54, 1.807) is 24.3 Å². The minimum absolute atomic E-state index is 0.132. The number of phenols is 1. The van der Waals surface area contributed by atoms with E-state index in [-0.39, 0.29) is 5.75 Å². The second kappa shape index (κ2) is 3.88. The number of rotatable bonds is 2. The highest BCUT2D eigenvalue weighted by molar-refractivity contribution is 7.80. The average Bonchev–Trinajstić information content (AvgIpc) is 2.22. The van der Waals surface area contributed by atoms with E-state index in [2.05, 4.69) is 4.72 Å². The quantitative estimate of drug-likeness (QED) is 0.600. The van der Waals surface area contributed by atoms with E-state index in [9.17, 15) is 13.9 Å². The van der Waals surface area contributed by atoms with Crippen LogP contribution in [-0.2, 0) is 11.3 Å². The van der Waals surface area contributed by atoms with Crippen molar-refractivity contribution >= 4 is 27.7 Å². The van der Waals surface area contributed by atoms with Gasteiger partial charge in [0.2, 0.25) is 0 Å². The third kappa shape index (κ3) is 1.93. The first-order valence-corrected chi connectivity index (χ1v) is 5.32. The second-order valence-electron chi connectivity index (χ2n) is 3.01. The molecule has 0 aliphatic carbocycles. The monoisotopic (exact) mass is 222 g/mol. The molecule has 0 spiro atoms. The van der Waals surface area contributed by atoms with Gasteiger partial charge in [0.15, 0.2) is 0 Å². The maximum atomic E-state index is 10.5. The van der Waals surface area contributed by atoms with E-state index in [0.29, 0.717) is 16.5 Å². The van der Waals surface area contributed by atoms with Gasteiger partial charge in [0.05, 0.1) is 5.69 Å². The number of phenolic OH excluding ortho intramolecular Hbond substituents is 1. The van der Waals surface area contributed by atoms with Gasteiger partial charge in [0, 0.05) is 22.0 Å². The lowest BCUT2D eigenvalue weighted by Gasteiger charge is -2.11. The van der Waals surface area contributed by atoms with Crippen molar-refractivity contribution in [3.05, 3.63) is 36.4 Å². The topological polar surface area (TPSA) is 72.4 Å². The fraction of sp³-hybridized carbons (Fsp3) is 0. The Balaban J connectivity index is 2.66. The highest BCUT2D eigenvalue weighted by atomic mass is 32.2. The van der Waals surface area contributed by atoms with Crippen molar-refractivity contribution in [3.63, 3.8) is 0 Å². The van der Waals surface area contributed by atoms with Crippen LogP contribution in [0.25, 0.3) is 10.8 Å². The number of hydrogen-bond acceptors (Lipinski definition) is 3. The molecule has 0 radical (unpaired) electrons. The van der Waals surface area contributed by atoms with Crippen molar-refractivity contribution in [2.75, 3.05) is 4.72 Å². The van der Waals surface area contributed by atoms with E-state index in [4.69, 9.17) is 0 Å². The number of nitrogens with one attached hydrogen (secondary N) is 1. The summed E-state index contributed by atoms with van der Waals surface area (Å²) in [6, 6.07) is 10.00. The fourth-order valence-electron chi connectivity index (χ4n) is 1.46. The maximum absolute atomic E-state index is 10.5.